The summed E-state index contributed by atoms with van der Waals surface area (Å²) in [6.07, 6.45) is 3.90. The molecule has 26 heavy (non-hydrogen) atoms. The lowest BCUT2D eigenvalue weighted by molar-refractivity contribution is -0.0345. The summed E-state index contributed by atoms with van der Waals surface area (Å²) in [5.74, 6) is 1.37. The summed E-state index contributed by atoms with van der Waals surface area (Å²) >= 11 is 0. The van der Waals surface area contributed by atoms with Gasteiger partial charge < -0.3 is 20.3 Å². The molecule has 1 atom stereocenters. The maximum absolute atomic E-state index is 8.88. The minimum atomic E-state index is 0.0263. The first-order valence-corrected chi connectivity index (χ1v) is 9.10. The molecule has 6 nitrogen and oxygen atoms in total. The van der Waals surface area contributed by atoms with E-state index in [1.54, 1.807) is 6.20 Å². The van der Waals surface area contributed by atoms with Crippen molar-refractivity contribution < 1.29 is 14.6 Å². The molecule has 0 aliphatic carbocycles. The first-order chi connectivity index (χ1) is 12.7. The Balaban J connectivity index is 1.50. The highest BCUT2D eigenvalue weighted by Gasteiger charge is 2.20. The normalized spacial score (nSPS) is 18.0. The minimum Gasteiger partial charge on any atom is -0.491 e. The van der Waals surface area contributed by atoms with Crippen molar-refractivity contribution in [3.8, 4) is 5.75 Å². The van der Waals surface area contributed by atoms with Gasteiger partial charge in [-0.2, -0.15) is 0 Å². The molecular weight excluding hydrogens is 330 g/mol. The van der Waals surface area contributed by atoms with Crippen LogP contribution in [-0.4, -0.2) is 54.0 Å². The fourth-order valence-corrected chi connectivity index (χ4v) is 3.23. The van der Waals surface area contributed by atoms with Gasteiger partial charge in [-0.25, -0.2) is 4.98 Å². The maximum atomic E-state index is 8.88. The first-order valence-electron chi connectivity index (χ1n) is 9.10. The molecule has 2 heterocycles. The van der Waals surface area contributed by atoms with Crippen LogP contribution in [0.4, 0.5) is 5.82 Å². The van der Waals surface area contributed by atoms with E-state index in [0.29, 0.717) is 12.4 Å². The Hall–Kier alpha value is -2.15. The SMILES string of the molecule is Nc1cc(CC[C@H]2CN(Cc3cccc(OCCO)c3)CCO2)ccn1. The van der Waals surface area contributed by atoms with Crippen molar-refractivity contribution in [3.63, 3.8) is 0 Å². The van der Waals surface area contributed by atoms with Crippen LogP contribution in [0, 0.1) is 0 Å². The lowest BCUT2D eigenvalue weighted by Gasteiger charge is -2.33. The summed E-state index contributed by atoms with van der Waals surface area (Å²) in [7, 11) is 0. The topological polar surface area (TPSA) is 80.8 Å². The van der Waals surface area contributed by atoms with E-state index in [-0.39, 0.29) is 12.7 Å². The number of nitrogens with two attached hydrogens (primary N) is 1. The molecule has 3 rings (SSSR count). The van der Waals surface area contributed by atoms with E-state index in [1.165, 1.54) is 11.1 Å². The van der Waals surface area contributed by atoms with Gasteiger partial charge in [0.1, 0.15) is 18.2 Å². The van der Waals surface area contributed by atoms with Crippen LogP contribution in [0.5, 0.6) is 5.75 Å². The predicted octanol–water partition coefficient (Wildman–Crippen LogP) is 1.87. The van der Waals surface area contributed by atoms with Gasteiger partial charge in [-0.1, -0.05) is 12.1 Å². The highest BCUT2D eigenvalue weighted by atomic mass is 16.5. The molecule has 1 fully saturated rings. The van der Waals surface area contributed by atoms with Crippen LogP contribution in [0.15, 0.2) is 42.6 Å². The molecule has 0 radical (unpaired) electrons. The van der Waals surface area contributed by atoms with Crippen LogP contribution in [0.1, 0.15) is 17.5 Å². The van der Waals surface area contributed by atoms with E-state index in [4.69, 9.17) is 20.3 Å². The van der Waals surface area contributed by atoms with Gasteiger partial charge in [0.05, 0.1) is 19.3 Å². The fraction of sp³-hybridized carbons (Fsp3) is 0.450. The number of pyridine rings is 1. The van der Waals surface area contributed by atoms with Crippen LogP contribution in [0.25, 0.3) is 0 Å². The van der Waals surface area contributed by atoms with Crippen molar-refractivity contribution in [2.45, 2.75) is 25.5 Å². The van der Waals surface area contributed by atoms with Gasteiger partial charge in [-0.05, 0) is 48.2 Å². The van der Waals surface area contributed by atoms with Crippen LogP contribution < -0.4 is 10.5 Å². The van der Waals surface area contributed by atoms with E-state index in [9.17, 15) is 0 Å². The lowest BCUT2D eigenvalue weighted by Crippen LogP contribution is -2.42. The lowest BCUT2D eigenvalue weighted by atomic mass is 10.1. The highest BCUT2D eigenvalue weighted by molar-refractivity contribution is 5.32. The molecule has 2 aromatic rings. The average Bonchev–Trinajstić information content (AvgIpc) is 2.65. The summed E-state index contributed by atoms with van der Waals surface area (Å²) in [6, 6.07) is 12.0. The number of benzene rings is 1. The number of rotatable bonds is 8. The van der Waals surface area contributed by atoms with E-state index >= 15 is 0 Å². The van der Waals surface area contributed by atoms with Crippen molar-refractivity contribution in [2.75, 3.05) is 38.6 Å². The number of morpholine rings is 1. The van der Waals surface area contributed by atoms with Gasteiger partial charge >= 0.3 is 0 Å². The Morgan fingerprint density at radius 2 is 2.19 bits per heavy atom. The Morgan fingerprint density at radius 1 is 1.27 bits per heavy atom. The maximum Gasteiger partial charge on any atom is 0.123 e. The third-order valence-corrected chi connectivity index (χ3v) is 4.49. The van der Waals surface area contributed by atoms with Crippen molar-refractivity contribution in [1.29, 1.82) is 0 Å². The van der Waals surface area contributed by atoms with Gasteiger partial charge in [0, 0.05) is 25.8 Å². The standard InChI is InChI=1S/C20H27N3O3/c21-20-13-16(6-7-22-20)4-5-19-15-23(8-10-25-19)14-17-2-1-3-18(12-17)26-11-9-24/h1-3,6-7,12-13,19,24H,4-5,8-11,14-15H2,(H2,21,22)/t19-/m0/s1. The molecule has 1 aliphatic heterocycles. The summed E-state index contributed by atoms with van der Waals surface area (Å²) in [5, 5.41) is 8.88. The number of anilines is 1. The second-order valence-electron chi connectivity index (χ2n) is 6.58. The zero-order valence-electron chi connectivity index (χ0n) is 15.0. The van der Waals surface area contributed by atoms with E-state index in [0.717, 1.165) is 44.8 Å². The summed E-state index contributed by atoms with van der Waals surface area (Å²) in [4.78, 5) is 6.45. The van der Waals surface area contributed by atoms with Crippen LogP contribution in [0.3, 0.4) is 0 Å². The van der Waals surface area contributed by atoms with Crippen LogP contribution in [-0.2, 0) is 17.7 Å². The number of aliphatic hydroxyl groups is 1. The van der Waals surface area contributed by atoms with Gasteiger partial charge in [0.2, 0.25) is 0 Å². The highest BCUT2D eigenvalue weighted by Crippen LogP contribution is 2.18. The van der Waals surface area contributed by atoms with Gasteiger partial charge in [0.15, 0.2) is 0 Å². The molecule has 0 saturated carbocycles. The van der Waals surface area contributed by atoms with Crippen molar-refractivity contribution in [2.24, 2.45) is 0 Å². The second-order valence-corrected chi connectivity index (χ2v) is 6.58. The molecule has 1 aromatic carbocycles. The molecule has 0 unspecified atom stereocenters. The smallest absolute Gasteiger partial charge is 0.123 e. The zero-order valence-corrected chi connectivity index (χ0v) is 15.0. The molecule has 6 heteroatoms. The number of aryl methyl sites for hydroxylation is 1. The van der Waals surface area contributed by atoms with E-state index in [1.807, 2.05) is 30.3 Å². The average molecular weight is 357 g/mol. The number of nitrogens with zero attached hydrogens (tertiary/aromatic N) is 2. The van der Waals surface area contributed by atoms with Crippen LogP contribution in [0.2, 0.25) is 0 Å². The quantitative estimate of drug-likeness (QED) is 0.751. The molecule has 0 spiro atoms. The molecule has 1 aromatic heterocycles. The Kier molecular flexibility index (Phi) is 6.82. The number of aliphatic hydroxyl groups excluding tert-OH is 1. The molecule has 1 aliphatic rings. The van der Waals surface area contributed by atoms with Gasteiger partial charge in [-0.3, -0.25) is 4.90 Å². The monoisotopic (exact) mass is 357 g/mol. The summed E-state index contributed by atoms with van der Waals surface area (Å²) in [6.45, 7) is 3.83. The zero-order chi connectivity index (χ0) is 18.2. The Bertz CT molecular complexity index is 696. The number of ether oxygens (including phenoxy) is 2. The first kappa shape index (κ1) is 18.6. The molecule has 140 valence electrons. The Labute approximate surface area is 154 Å². The third-order valence-electron chi connectivity index (χ3n) is 4.49. The minimum absolute atomic E-state index is 0.0263. The molecule has 0 bridgehead atoms. The van der Waals surface area contributed by atoms with Crippen molar-refractivity contribution >= 4 is 5.82 Å². The fourth-order valence-electron chi connectivity index (χ4n) is 3.23. The molecule has 1 saturated heterocycles. The second kappa shape index (κ2) is 9.52. The van der Waals surface area contributed by atoms with Crippen molar-refractivity contribution in [3.05, 3.63) is 53.7 Å². The van der Waals surface area contributed by atoms with Gasteiger partial charge in [-0.15, -0.1) is 0 Å². The third kappa shape index (κ3) is 5.69. The van der Waals surface area contributed by atoms with E-state index in [2.05, 4.69) is 16.0 Å². The van der Waals surface area contributed by atoms with Crippen molar-refractivity contribution in [1.82, 2.24) is 9.88 Å². The number of hydrogen-bond donors (Lipinski definition) is 2. The number of nitrogen functional groups attached to an aromatic ring is 1. The van der Waals surface area contributed by atoms with Gasteiger partial charge in [0.25, 0.3) is 0 Å². The molecular formula is C20H27N3O3. The number of hydrogen-bond acceptors (Lipinski definition) is 6. The number of aromatic nitrogens is 1. The van der Waals surface area contributed by atoms with Crippen LogP contribution >= 0.6 is 0 Å². The Morgan fingerprint density at radius 3 is 3.04 bits per heavy atom. The largest absolute Gasteiger partial charge is 0.491 e. The summed E-state index contributed by atoms with van der Waals surface area (Å²) < 4.78 is 11.4. The summed E-state index contributed by atoms with van der Waals surface area (Å²) in [5.41, 5.74) is 8.16. The molecule has 0 amide bonds. The predicted molar refractivity (Wildman–Crippen MR) is 101 cm³/mol. The molecule has 3 N–H and O–H groups in total. The van der Waals surface area contributed by atoms with E-state index < -0.39 is 0 Å².